The first-order chi connectivity index (χ1) is 9.24. The monoisotopic (exact) mass is 279 g/mol. The van der Waals surface area contributed by atoms with Gasteiger partial charge in [0.1, 0.15) is 5.15 Å². The Morgan fingerprint density at radius 3 is 3.05 bits per heavy atom. The molecular weight excluding hydrogens is 262 g/mol. The van der Waals surface area contributed by atoms with E-state index in [4.69, 9.17) is 11.6 Å². The van der Waals surface area contributed by atoms with Crippen molar-refractivity contribution in [1.82, 2.24) is 15.2 Å². The van der Waals surface area contributed by atoms with Crippen molar-refractivity contribution in [1.29, 1.82) is 0 Å². The lowest BCUT2D eigenvalue weighted by Gasteiger charge is -2.15. The summed E-state index contributed by atoms with van der Waals surface area (Å²) in [5.41, 5.74) is 0.459. The second-order valence-corrected chi connectivity index (χ2v) is 5.79. The molecule has 1 aromatic rings. The van der Waals surface area contributed by atoms with E-state index in [1.165, 1.54) is 25.8 Å². The molecule has 19 heavy (non-hydrogen) atoms. The zero-order valence-electron chi connectivity index (χ0n) is 10.8. The predicted octanol–water partition coefficient (Wildman–Crippen LogP) is 1.95. The minimum Gasteiger partial charge on any atom is -0.352 e. The highest BCUT2D eigenvalue weighted by molar-refractivity contribution is 6.32. The maximum Gasteiger partial charge on any atom is 0.254 e. The van der Waals surface area contributed by atoms with Gasteiger partial charge in [0.25, 0.3) is 5.91 Å². The first-order valence-corrected chi connectivity index (χ1v) is 7.24. The number of hydrogen-bond donors (Lipinski definition) is 1. The molecule has 1 saturated carbocycles. The zero-order chi connectivity index (χ0) is 13.2. The Kier molecular flexibility index (Phi) is 3.71. The van der Waals surface area contributed by atoms with Gasteiger partial charge in [-0.1, -0.05) is 11.6 Å². The van der Waals surface area contributed by atoms with E-state index in [-0.39, 0.29) is 11.1 Å². The van der Waals surface area contributed by atoms with Crippen LogP contribution in [0.1, 0.15) is 29.6 Å². The number of aromatic nitrogens is 1. The quantitative estimate of drug-likeness (QED) is 0.857. The molecule has 0 bridgehead atoms. The minimum absolute atomic E-state index is 0.122. The average molecular weight is 280 g/mol. The molecule has 1 N–H and O–H groups in total. The van der Waals surface area contributed by atoms with Crippen molar-refractivity contribution in [2.24, 2.45) is 5.92 Å². The highest BCUT2D eigenvalue weighted by Gasteiger charge is 2.34. The second-order valence-electron chi connectivity index (χ2n) is 5.43. The van der Waals surface area contributed by atoms with Gasteiger partial charge in [-0.15, -0.1) is 0 Å². The summed E-state index contributed by atoms with van der Waals surface area (Å²) in [7, 11) is 0. The topological polar surface area (TPSA) is 45.2 Å². The van der Waals surface area contributed by atoms with Crippen molar-refractivity contribution in [2.45, 2.75) is 25.3 Å². The Hall–Kier alpha value is -1.13. The smallest absolute Gasteiger partial charge is 0.254 e. The molecule has 1 aromatic heterocycles. The zero-order valence-corrected chi connectivity index (χ0v) is 11.6. The lowest BCUT2D eigenvalue weighted by molar-refractivity contribution is 0.0947. The van der Waals surface area contributed by atoms with Crippen LogP contribution >= 0.6 is 11.6 Å². The molecule has 2 fully saturated rings. The molecule has 1 unspecified atom stereocenters. The number of rotatable bonds is 4. The van der Waals surface area contributed by atoms with Crippen LogP contribution < -0.4 is 5.32 Å². The van der Waals surface area contributed by atoms with Gasteiger partial charge < -0.3 is 10.2 Å². The molecule has 1 aliphatic heterocycles. The Labute approximate surface area is 118 Å². The van der Waals surface area contributed by atoms with Crippen LogP contribution in [0.2, 0.25) is 5.15 Å². The van der Waals surface area contributed by atoms with Crippen LogP contribution in [0, 0.1) is 5.92 Å². The molecule has 5 heteroatoms. The molecule has 3 rings (SSSR count). The number of likely N-dealkylation sites (tertiary alicyclic amines) is 1. The van der Waals surface area contributed by atoms with Gasteiger partial charge in [-0.05, 0) is 43.9 Å². The second kappa shape index (κ2) is 5.47. The van der Waals surface area contributed by atoms with Gasteiger partial charge in [0.2, 0.25) is 0 Å². The summed E-state index contributed by atoms with van der Waals surface area (Å²) in [6, 6.07) is 4.26. The van der Waals surface area contributed by atoms with Crippen LogP contribution in [0.5, 0.6) is 0 Å². The summed E-state index contributed by atoms with van der Waals surface area (Å²) < 4.78 is 0. The molecule has 1 atom stereocenters. The van der Waals surface area contributed by atoms with Gasteiger partial charge in [-0.2, -0.15) is 0 Å². The van der Waals surface area contributed by atoms with E-state index in [9.17, 15) is 4.79 Å². The largest absolute Gasteiger partial charge is 0.352 e. The fraction of sp³-hybridized carbons (Fsp3) is 0.571. The van der Waals surface area contributed by atoms with Crippen molar-refractivity contribution in [3.8, 4) is 0 Å². The van der Waals surface area contributed by atoms with Gasteiger partial charge in [0, 0.05) is 25.3 Å². The summed E-state index contributed by atoms with van der Waals surface area (Å²) in [6.45, 7) is 3.03. The van der Waals surface area contributed by atoms with Crippen LogP contribution in [-0.4, -0.2) is 41.5 Å². The number of hydrogen-bond acceptors (Lipinski definition) is 3. The van der Waals surface area contributed by atoms with Gasteiger partial charge in [-0.25, -0.2) is 4.98 Å². The van der Waals surface area contributed by atoms with Crippen LogP contribution in [0.25, 0.3) is 0 Å². The summed E-state index contributed by atoms with van der Waals surface area (Å²) in [5, 5.41) is 3.24. The van der Waals surface area contributed by atoms with Crippen molar-refractivity contribution < 1.29 is 4.79 Å². The van der Waals surface area contributed by atoms with E-state index >= 15 is 0 Å². The van der Waals surface area contributed by atoms with E-state index < -0.39 is 0 Å². The molecule has 4 nitrogen and oxygen atoms in total. The van der Waals surface area contributed by atoms with Crippen molar-refractivity contribution in [2.75, 3.05) is 19.6 Å². The summed E-state index contributed by atoms with van der Waals surface area (Å²) >= 11 is 5.91. The third-order valence-corrected chi connectivity index (χ3v) is 4.24. The highest BCUT2D eigenvalue weighted by atomic mass is 35.5. The van der Waals surface area contributed by atoms with E-state index in [2.05, 4.69) is 15.2 Å². The Bertz CT molecular complexity index is 476. The molecule has 2 heterocycles. The van der Waals surface area contributed by atoms with E-state index in [1.807, 2.05) is 0 Å². The van der Waals surface area contributed by atoms with Crippen LogP contribution in [-0.2, 0) is 0 Å². The predicted molar refractivity (Wildman–Crippen MR) is 74.3 cm³/mol. The molecule has 1 aliphatic carbocycles. The lowest BCUT2D eigenvalue weighted by Crippen LogP contribution is -2.31. The number of halogens is 1. The van der Waals surface area contributed by atoms with Crippen molar-refractivity contribution in [3.05, 3.63) is 29.0 Å². The fourth-order valence-electron chi connectivity index (χ4n) is 2.69. The van der Waals surface area contributed by atoms with E-state index in [0.717, 1.165) is 19.1 Å². The SMILES string of the molecule is O=C(NCC1CCN(C2CC2)C1)c1cccnc1Cl. The number of amides is 1. The minimum atomic E-state index is -0.122. The third-order valence-electron chi connectivity index (χ3n) is 3.94. The first kappa shape index (κ1) is 12.9. The van der Waals surface area contributed by atoms with Crippen LogP contribution in [0.15, 0.2) is 18.3 Å². The third kappa shape index (κ3) is 3.07. The number of nitrogens with zero attached hydrogens (tertiary/aromatic N) is 2. The standard InChI is InChI=1S/C14H18ClN3O/c15-13-12(2-1-6-16-13)14(19)17-8-10-5-7-18(9-10)11-3-4-11/h1-2,6,10-11H,3-5,7-9H2,(H,17,19). The average Bonchev–Trinajstić information content (AvgIpc) is 3.16. The molecule has 1 saturated heterocycles. The van der Waals surface area contributed by atoms with Crippen LogP contribution in [0.4, 0.5) is 0 Å². The Balaban J connectivity index is 1.50. The number of carbonyl (C=O) groups excluding carboxylic acids is 1. The molecule has 0 spiro atoms. The molecule has 102 valence electrons. The summed E-state index contributed by atoms with van der Waals surface area (Å²) in [4.78, 5) is 18.5. The maximum atomic E-state index is 12.0. The molecule has 1 amide bonds. The molecular formula is C14H18ClN3O. The molecule has 0 radical (unpaired) electrons. The molecule has 0 aromatic carbocycles. The van der Waals surface area contributed by atoms with E-state index in [0.29, 0.717) is 11.5 Å². The Morgan fingerprint density at radius 1 is 1.47 bits per heavy atom. The Morgan fingerprint density at radius 2 is 2.32 bits per heavy atom. The van der Waals surface area contributed by atoms with Crippen molar-refractivity contribution in [3.63, 3.8) is 0 Å². The summed E-state index contributed by atoms with van der Waals surface area (Å²) in [6.07, 6.45) is 5.47. The van der Waals surface area contributed by atoms with Gasteiger partial charge in [-0.3, -0.25) is 4.79 Å². The first-order valence-electron chi connectivity index (χ1n) is 6.87. The number of pyridine rings is 1. The number of nitrogens with one attached hydrogen (secondary N) is 1. The maximum absolute atomic E-state index is 12.0. The van der Waals surface area contributed by atoms with Crippen molar-refractivity contribution >= 4 is 17.5 Å². The normalized spacial score (nSPS) is 23.5. The van der Waals surface area contributed by atoms with Gasteiger partial charge in [0.05, 0.1) is 5.56 Å². The molecule has 2 aliphatic rings. The fourth-order valence-corrected chi connectivity index (χ4v) is 2.89. The van der Waals surface area contributed by atoms with Gasteiger partial charge in [0.15, 0.2) is 0 Å². The van der Waals surface area contributed by atoms with Gasteiger partial charge >= 0.3 is 0 Å². The number of carbonyl (C=O) groups is 1. The summed E-state index contributed by atoms with van der Waals surface area (Å²) in [5.74, 6) is 0.447. The van der Waals surface area contributed by atoms with Crippen LogP contribution in [0.3, 0.4) is 0 Å². The highest BCUT2D eigenvalue weighted by Crippen LogP contribution is 2.31. The van der Waals surface area contributed by atoms with E-state index in [1.54, 1.807) is 18.3 Å². The lowest BCUT2D eigenvalue weighted by atomic mass is 10.1.